The Labute approximate surface area is 146 Å². The topological polar surface area (TPSA) is 47.4 Å². The zero-order valence-electron chi connectivity index (χ0n) is 13.8. The van der Waals surface area contributed by atoms with Crippen molar-refractivity contribution in [1.29, 1.82) is 0 Å². The first-order chi connectivity index (χ1) is 12.3. The number of ether oxygens (including phenoxy) is 1. The molecule has 5 heteroatoms. The van der Waals surface area contributed by atoms with Gasteiger partial charge in [0.1, 0.15) is 18.2 Å². The number of aromatic nitrogens is 2. The molecular formula is C20H19N3O2. The van der Waals surface area contributed by atoms with E-state index in [9.17, 15) is 4.79 Å². The Balaban J connectivity index is 1.48. The number of hydrogen-bond donors (Lipinski definition) is 0. The van der Waals surface area contributed by atoms with E-state index >= 15 is 0 Å². The minimum Gasteiger partial charge on any atom is -0.489 e. The lowest BCUT2D eigenvalue weighted by Gasteiger charge is -2.31. The van der Waals surface area contributed by atoms with Crippen LogP contribution in [-0.2, 0) is 6.61 Å². The molecule has 1 aliphatic rings. The Kier molecular flexibility index (Phi) is 4.21. The zero-order valence-corrected chi connectivity index (χ0v) is 13.8. The average molecular weight is 333 g/mol. The fourth-order valence-corrected chi connectivity index (χ4v) is 2.76. The van der Waals surface area contributed by atoms with Crippen LogP contribution in [0, 0.1) is 0 Å². The monoisotopic (exact) mass is 333 g/mol. The van der Waals surface area contributed by atoms with Crippen LogP contribution >= 0.6 is 0 Å². The summed E-state index contributed by atoms with van der Waals surface area (Å²) in [5, 5.41) is 0. The van der Waals surface area contributed by atoms with Crippen molar-refractivity contribution in [3.05, 3.63) is 82.9 Å². The molecule has 0 N–H and O–H groups in total. The number of pyridine rings is 2. The van der Waals surface area contributed by atoms with Gasteiger partial charge in [-0.2, -0.15) is 0 Å². The number of hydrogen-bond acceptors (Lipinski definition) is 4. The maximum Gasteiger partial charge on any atom is 0.258 e. The molecule has 0 unspecified atom stereocenters. The van der Waals surface area contributed by atoms with Crippen molar-refractivity contribution in [1.82, 2.24) is 9.55 Å². The summed E-state index contributed by atoms with van der Waals surface area (Å²) in [6.07, 6.45) is 4.68. The second kappa shape index (κ2) is 6.81. The highest BCUT2D eigenvalue weighted by Gasteiger charge is 2.15. The van der Waals surface area contributed by atoms with Crippen molar-refractivity contribution in [3.8, 4) is 11.4 Å². The van der Waals surface area contributed by atoms with Gasteiger partial charge < -0.3 is 9.64 Å². The summed E-state index contributed by atoms with van der Waals surface area (Å²) in [6, 6.07) is 17.1. The zero-order chi connectivity index (χ0) is 17.1. The molecule has 0 saturated carbocycles. The van der Waals surface area contributed by atoms with Gasteiger partial charge in [-0.3, -0.25) is 9.36 Å². The molecule has 3 aromatic rings. The highest BCUT2D eigenvalue weighted by Crippen LogP contribution is 2.19. The molecule has 0 radical (unpaired) electrons. The number of nitrogens with zero attached hydrogens (tertiary/aromatic N) is 3. The van der Waals surface area contributed by atoms with E-state index in [1.807, 2.05) is 42.5 Å². The van der Waals surface area contributed by atoms with E-state index in [0.29, 0.717) is 12.4 Å². The van der Waals surface area contributed by atoms with Crippen molar-refractivity contribution >= 4 is 5.82 Å². The predicted molar refractivity (Wildman–Crippen MR) is 97.4 cm³/mol. The lowest BCUT2D eigenvalue weighted by Crippen LogP contribution is -2.37. The maximum atomic E-state index is 12.4. The Morgan fingerprint density at radius 2 is 1.88 bits per heavy atom. The molecule has 0 spiro atoms. The number of rotatable bonds is 5. The molecule has 0 aliphatic carbocycles. The van der Waals surface area contributed by atoms with Crippen LogP contribution in [0.1, 0.15) is 12.0 Å². The van der Waals surface area contributed by atoms with Gasteiger partial charge in [0.25, 0.3) is 5.56 Å². The summed E-state index contributed by atoms with van der Waals surface area (Å²) in [7, 11) is 0. The quantitative estimate of drug-likeness (QED) is 0.720. The molecule has 4 rings (SSSR count). The van der Waals surface area contributed by atoms with Crippen LogP contribution in [0.3, 0.4) is 0 Å². The van der Waals surface area contributed by atoms with Crippen LogP contribution < -0.4 is 15.2 Å². The van der Waals surface area contributed by atoms with Gasteiger partial charge in [0, 0.05) is 25.4 Å². The molecule has 1 aliphatic heterocycles. The molecular weight excluding hydrogens is 314 g/mol. The fraction of sp³-hybridized carbons (Fsp3) is 0.200. The van der Waals surface area contributed by atoms with Crippen LogP contribution in [0.15, 0.2) is 71.8 Å². The van der Waals surface area contributed by atoms with Crippen molar-refractivity contribution in [2.45, 2.75) is 13.0 Å². The van der Waals surface area contributed by atoms with E-state index in [2.05, 4.69) is 9.88 Å². The molecule has 0 atom stereocenters. The molecule has 2 aromatic heterocycles. The Morgan fingerprint density at radius 3 is 2.52 bits per heavy atom. The van der Waals surface area contributed by atoms with Gasteiger partial charge in [0.15, 0.2) is 0 Å². The molecule has 1 saturated heterocycles. The van der Waals surface area contributed by atoms with Gasteiger partial charge in [0.05, 0.1) is 11.9 Å². The third kappa shape index (κ3) is 3.40. The molecule has 1 fully saturated rings. The highest BCUT2D eigenvalue weighted by molar-refractivity contribution is 5.45. The molecule has 1 aromatic carbocycles. The van der Waals surface area contributed by atoms with E-state index in [1.165, 1.54) is 12.5 Å². The predicted octanol–water partition coefficient (Wildman–Crippen LogP) is 3.02. The van der Waals surface area contributed by atoms with Gasteiger partial charge in [-0.1, -0.05) is 30.3 Å². The van der Waals surface area contributed by atoms with Gasteiger partial charge in [-0.15, -0.1) is 0 Å². The second-order valence-corrected chi connectivity index (χ2v) is 6.06. The first-order valence-electron chi connectivity index (χ1n) is 8.40. The third-order valence-electron chi connectivity index (χ3n) is 4.33. The summed E-state index contributed by atoms with van der Waals surface area (Å²) >= 11 is 0. The van der Waals surface area contributed by atoms with Crippen LogP contribution in [0.2, 0.25) is 0 Å². The minimum absolute atomic E-state index is 0.135. The third-order valence-corrected chi connectivity index (χ3v) is 4.33. The van der Waals surface area contributed by atoms with Crippen molar-refractivity contribution in [2.24, 2.45) is 0 Å². The van der Waals surface area contributed by atoms with Gasteiger partial charge in [0.2, 0.25) is 0 Å². The standard InChI is InChI=1S/C20H19N3O2/c24-20-13-18(25-15-16-5-2-1-3-6-16)9-12-23(20)17-7-8-19(21-14-17)22-10-4-11-22/h1-3,5-9,12-14H,4,10-11,15H2. The molecule has 0 amide bonds. The molecule has 3 heterocycles. The Hall–Kier alpha value is -3.08. The minimum atomic E-state index is -0.135. The van der Waals surface area contributed by atoms with Gasteiger partial charge in [-0.25, -0.2) is 4.98 Å². The lowest BCUT2D eigenvalue weighted by atomic mass is 10.2. The van der Waals surface area contributed by atoms with Crippen LogP contribution in [0.25, 0.3) is 5.69 Å². The maximum absolute atomic E-state index is 12.4. The largest absolute Gasteiger partial charge is 0.489 e. The summed E-state index contributed by atoms with van der Waals surface area (Å²) in [6.45, 7) is 2.55. The van der Waals surface area contributed by atoms with Crippen LogP contribution in [0.5, 0.6) is 5.75 Å². The van der Waals surface area contributed by atoms with E-state index in [1.54, 1.807) is 23.0 Å². The summed E-state index contributed by atoms with van der Waals surface area (Å²) < 4.78 is 7.27. The van der Waals surface area contributed by atoms with E-state index < -0.39 is 0 Å². The van der Waals surface area contributed by atoms with E-state index in [-0.39, 0.29) is 5.56 Å². The Morgan fingerprint density at radius 1 is 1.04 bits per heavy atom. The first kappa shape index (κ1) is 15.4. The summed E-state index contributed by atoms with van der Waals surface area (Å²) in [4.78, 5) is 19.0. The molecule has 5 nitrogen and oxygen atoms in total. The molecule has 126 valence electrons. The fourth-order valence-electron chi connectivity index (χ4n) is 2.76. The number of benzene rings is 1. The molecule has 25 heavy (non-hydrogen) atoms. The van der Waals surface area contributed by atoms with Crippen LogP contribution in [0.4, 0.5) is 5.82 Å². The first-order valence-corrected chi connectivity index (χ1v) is 8.40. The second-order valence-electron chi connectivity index (χ2n) is 6.06. The highest BCUT2D eigenvalue weighted by atomic mass is 16.5. The molecule has 0 bridgehead atoms. The summed E-state index contributed by atoms with van der Waals surface area (Å²) in [5.74, 6) is 1.53. The van der Waals surface area contributed by atoms with Gasteiger partial charge >= 0.3 is 0 Å². The average Bonchev–Trinajstić information content (AvgIpc) is 2.60. The van der Waals surface area contributed by atoms with E-state index in [0.717, 1.165) is 30.2 Å². The van der Waals surface area contributed by atoms with Crippen LogP contribution in [-0.4, -0.2) is 22.6 Å². The normalized spacial score (nSPS) is 13.4. The van der Waals surface area contributed by atoms with Gasteiger partial charge in [-0.05, 0) is 30.2 Å². The number of anilines is 1. The lowest BCUT2D eigenvalue weighted by molar-refractivity contribution is 0.305. The van der Waals surface area contributed by atoms with Crippen molar-refractivity contribution in [3.63, 3.8) is 0 Å². The van der Waals surface area contributed by atoms with E-state index in [4.69, 9.17) is 4.74 Å². The Bertz CT molecular complexity index is 900. The van der Waals surface area contributed by atoms with Crippen molar-refractivity contribution in [2.75, 3.05) is 18.0 Å². The summed E-state index contributed by atoms with van der Waals surface area (Å²) in [5.41, 5.74) is 1.69. The van der Waals surface area contributed by atoms with Crippen molar-refractivity contribution < 1.29 is 4.74 Å². The smallest absolute Gasteiger partial charge is 0.258 e. The SMILES string of the molecule is O=c1cc(OCc2ccccc2)ccn1-c1ccc(N2CCC2)nc1.